The Balaban J connectivity index is 2.95. The summed E-state index contributed by atoms with van der Waals surface area (Å²) in [6.45, 7) is 6.26. The van der Waals surface area contributed by atoms with Gasteiger partial charge in [0.25, 0.3) is 5.91 Å². The molecule has 0 saturated carbocycles. The maximum atomic E-state index is 12.3. The summed E-state index contributed by atoms with van der Waals surface area (Å²) in [4.78, 5) is 12.3. The zero-order valence-corrected chi connectivity index (χ0v) is 12.2. The molecule has 0 aliphatic rings. The van der Waals surface area contributed by atoms with Gasteiger partial charge in [0.1, 0.15) is 5.75 Å². The van der Waals surface area contributed by atoms with Gasteiger partial charge in [0.05, 0.1) is 12.7 Å². The molecule has 4 heteroatoms. The standard InChI is InChI=1S/C15H24N2O2/c1-5-15(6-2,7-3)17-14(18)12-9-8-11(19-4)10-13(12)16/h8-10H,5-7,16H2,1-4H3,(H,17,18). The Labute approximate surface area is 115 Å². The Morgan fingerprint density at radius 2 is 1.84 bits per heavy atom. The van der Waals surface area contributed by atoms with Gasteiger partial charge in [-0.2, -0.15) is 0 Å². The van der Waals surface area contributed by atoms with Crippen LogP contribution in [0.4, 0.5) is 5.69 Å². The third-order valence-electron chi connectivity index (χ3n) is 3.91. The average Bonchev–Trinajstić information content (AvgIpc) is 2.44. The number of carbonyl (C=O) groups excluding carboxylic acids is 1. The summed E-state index contributed by atoms with van der Waals surface area (Å²) in [6, 6.07) is 5.12. The van der Waals surface area contributed by atoms with Gasteiger partial charge < -0.3 is 15.8 Å². The summed E-state index contributed by atoms with van der Waals surface area (Å²) in [6.07, 6.45) is 2.71. The van der Waals surface area contributed by atoms with Crippen LogP contribution >= 0.6 is 0 Å². The molecule has 0 aliphatic heterocycles. The Morgan fingerprint density at radius 3 is 2.26 bits per heavy atom. The number of ether oxygens (including phenoxy) is 1. The lowest BCUT2D eigenvalue weighted by Gasteiger charge is -2.32. The first-order valence-corrected chi connectivity index (χ1v) is 6.78. The summed E-state index contributed by atoms with van der Waals surface area (Å²) in [5.74, 6) is 0.535. The number of benzene rings is 1. The number of anilines is 1. The molecule has 1 rings (SSSR count). The van der Waals surface area contributed by atoms with Crippen LogP contribution in [0.5, 0.6) is 5.75 Å². The molecule has 0 saturated heterocycles. The molecule has 106 valence electrons. The number of hydrogen-bond donors (Lipinski definition) is 2. The fourth-order valence-electron chi connectivity index (χ4n) is 2.20. The third kappa shape index (κ3) is 3.40. The summed E-state index contributed by atoms with van der Waals surface area (Å²) < 4.78 is 5.08. The van der Waals surface area contributed by atoms with E-state index in [1.807, 2.05) is 0 Å². The Kier molecular flexibility index (Phi) is 5.21. The maximum absolute atomic E-state index is 12.3. The van der Waals surface area contributed by atoms with Crippen molar-refractivity contribution in [3.05, 3.63) is 23.8 Å². The number of rotatable bonds is 6. The van der Waals surface area contributed by atoms with Crippen LogP contribution in [0, 0.1) is 0 Å². The van der Waals surface area contributed by atoms with Crippen LogP contribution in [0.15, 0.2) is 18.2 Å². The third-order valence-corrected chi connectivity index (χ3v) is 3.91. The molecule has 0 aromatic heterocycles. The number of nitrogens with one attached hydrogen (secondary N) is 1. The molecule has 4 nitrogen and oxygen atoms in total. The molecule has 0 heterocycles. The van der Waals surface area contributed by atoms with E-state index in [9.17, 15) is 4.79 Å². The number of carbonyl (C=O) groups is 1. The predicted molar refractivity (Wildman–Crippen MR) is 78.5 cm³/mol. The van der Waals surface area contributed by atoms with Crippen molar-refractivity contribution in [2.45, 2.75) is 45.6 Å². The van der Waals surface area contributed by atoms with Crippen molar-refractivity contribution in [1.29, 1.82) is 0 Å². The molecule has 19 heavy (non-hydrogen) atoms. The molecule has 1 amide bonds. The Morgan fingerprint density at radius 1 is 1.26 bits per heavy atom. The first kappa shape index (κ1) is 15.3. The summed E-state index contributed by atoms with van der Waals surface area (Å²) in [5.41, 5.74) is 6.69. The minimum absolute atomic E-state index is 0.120. The molecule has 0 fully saturated rings. The Hall–Kier alpha value is -1.71. The van der Waals surface area contributed by atoms with Crippen molar-refractivity contribution in [3.8, 4) is 5.75 Å². The van der Waals surface area contributed by atoms with Gasteiger partial charge >= 0.3 is 0 Å². The highest BCUT2D eigenvalue weighted by molar-refractivity contribution is 5.99. The minimum Gasteiger partial charge on any atom is -0.497 e. The van der Waals surface area contributed by atoms with Crippen molar-refractivity contribution in [3.63, 3.8) is 0 Å². The van der Waals surface area contributed by atoms with E-state index in [1.165, 1.54) is 0 Å². The van der Waals surface area contributed by atoms with E-state index < -0.39 is 0 Å². The number of methoxy groups -OCH3 is 1. The minimum atomic E-state index is -0.149. The molecule has 0 spiro atoms. The SMILES string of the molecule is CCC(CC)(CC)NC(=O)c1ccc(OC)cc1N. The molecular weight excluding hydrogens is 240 g/mol. The second-order valence-corrected chi connectivity index (χ2v) is 4.75. The van der Waals surface area contributed by atoms with E-state index in [2.05, 4.69) is 26.1 Å². The summed E-state index contributed by atoms with van der Waals surface area (Å²) in [5, 5.41) is 3.11. The maximum Gasteiger partial charge on any atom is 0.253 e. The monoisotopic (exact) mass is 264 g/mol. The van der Waals surface area contributed by atoms with Crippen molar-refractivity contribution >= 4 is 11.6 Å². The van der Waals surface area contributed by atoms with Gasteiger partial charge in [-0.15, -0.1) is 0 Å². The van der Waals surface area contributed by atoms with Crippen LogP contribution in [-0.2, 0) is 0 Å². The fraction of sp³-hybridized carbons (Fsp3) is 0.533. The molecule has 0 radical (unpaired) electrons. The van der Waals surface area contributed by atoms with Crippen molar-refractivity contribution in [1.82, 2.24) is 5.32 Å². The summed E-state index contributed by atoms with van der Waals surface area (Å²) in [7, 11) is 1.57. The lowest BCUT2D eigenvalue weighted by atomic mass is 9.89. The van der Waals surface area contributed by atoms with Crippen LogP contribution in [0.1, 0.15) is 50.4 Å². The lowest BCUT2D eigenvalue weighted by Crippen LogP contribution is -2.47. The zero-order valence-electron chi connectivity index (χ0n) is 12.2. The topological polar surface area (TPSA) is 64.3 Å². The lowest BCUT2D eigenvalue weighted by molar-refractivity contribution is 0.0889. The molecule has 0 bridgehead atoms. The van der Waals surface area contributed by atoms with E-state index in [0.29, 0.717) is 17.0 Å². The second kappa shape index (κ2) is 6.45. The average molecular weight is 264 g/mol. The molecular formula is C15H24N2O2. The van der Waals surface area contributed by atoms with Crippen LogP contribution in [0.3, 0.4) is 0 Å². The molecule has 0 aliphatic carbocycles. The van der Waals surface area contributed by atoms with Crippen LogP contribution < -0.4 is 15.8 Å². The van der Waals surface area contributed by atoms with Gasteiger partial charge in [-0.25, -0.2) is 0 Å². The smallest absolute Gasteiger partial charge is 0.253 e. The van der Waals surface area contributed by atoms with Crippen LogP contribution in [0.2, 0.25) is 0 Å². The van der Waals surface area contributed by atoms with Gasteiger partial charge in [0.15, 0.2) is 0 Å². The van der Waals surface area contributed by atoms with E-state index in [0.717, 1.165) is 19.3 Å². The quantitative estimate of drug-likeness (QED) is 0.776. The van der Waals surface area contributed by atoms with E-state index in [-0.39, 0.29) is 11.4 Å². The molecule has 0 atom stereocenters. The van der Waals surface area contributed by atoms with E-state index in [1.54, 1.807) is 25.3 Å². The summed E-state index contributed by atoms with van der Waals surface area (Å²) >= 11 is 0. The second-order valence-electron chi connectivity index (χ2n) is 4.75. The predicted octanol–water partition coefficient (Wildman–Crippen LogP) is 2.98. The van der Waals surface area contributed by atoms with Crippen molar-refractivity contribution in [2.24, 2.45) is 0 Å². The van der Waals surface area contributed by atoms with Crippen LogP contribution in [0.25, 0.3) is 0 Å². The highest BCUT2D eigenvalue weighted by Crippen LogP contribution is 2.23. The largest absolute Gasteiger partial charge is 0.497 e. The molecule has 0 unspecified atom stereocenters. The van der Waals surface area contributed by atoms with Crippen molar-refractivity contribution in [2.75, 3.05) is 12.8 Å². The van der Waals surface area contributed by atoms with Gasteiger partial charge in [-0.05, 0) is 31.4 Å². The molecule has 3 N–H and O–H groups in total. The first-order valence-electron chi connectivity index (χ1n) is 6.78. The molecule has 1 aromatic carbocycles. The number of nitrogens with two attached hydrogens (primary N) is 1. The van der Waals surface area contributed by atoms with Crippen molar-refractivity contribution < 1.29 is 9.53 Å². The number of nitrogen functional groups attached to an aromatic ring is 1. The number of amides is 1. The van der Waals surface area contributed by atoms with Crippen LogP contribution in [-0.4, -0.2) is 18.6 Å². The van der Waals surface area contributed by atoms with Gasteiger partial charge in [0, 0.05) is 17.3 Å². The highest BCUT2D eigenvalue weighted by Gasteiger charge is 2.26. The van der Waals surface area contributed by atoms with Gasteiger partial charge in [-0.1, -0.05) is 20.8 Å². The zero-order chi connectivity index (χ0) is 14.5. The number of hydrogen-bond acceptors (Lipinski definition) is 3. The van der Waals surface area contributed by atoms with E-state index in [4.69, 9.17) is 10.5 Å². The fourth-order valence-corrected chi connectivity index (χ4v) is 2.20. The van der Waals surface area contributed by atoms with Gasteiger partial charge in [0.2, 0.25) is 0 Å². The molecule has 1 aromatic rings. The Bertz CT molecular complexity index is 432. The normalized spacial score (nSPS) is 11.2. The van der Waals surface area contributed by atoms with E-state index >= 15 is 0 Å². The van der Waals surface area contributed by atoms with Gasteiger partial charge in [-0.3, -0.25) is 4.79 Å². The first-order chi connectivity index (χ1) is 9.01. The highest BCUT2D eigenvalue weighted by atomic mass is 16.5.